The van der Waals surface area contributed by atoms with Crippen LogP contribution >= 0.6 is 0 Å². The highest BCUT2D eigenvalue weighted by atomic mass is 15.1. The highest BCUT2D eigenvalue weighted by Crippen LogP contribution is 2.44. The molecule has 0 aliphatic carbocycles. The first kappa shape index (κ1) is 28.3. The summed E-state index contributed by atoms with van der Waals surface area (Å²) >= 11 is 0. The van der Waals surface area contributed by atoms with E-state index >= 15 is 0 Å². The van der Waals surface area contributed by atoms with E-state index in [9.17, 15) is 0 Å². The van der Waals surface area contributed by atoms with Gasteiger partial charge in [0.1, 0.15) is 0 Å². The Balaban J connectivity index is 1.35. The molecule has 8 aromatic carbocycles. The van der Waals surface area contributed by atoms with E-state index in [0.717, 1.165) is 17.1 Å². The Morgan fingerprint density at radius 3 is 1.28 bits per heavy atom. The van der Waals surface area contributed by atoms with Gasteiger partial charge in [0.25, 0.3) is 0 Å². The molecule has 0 saturated heterocycles. The van der Waals surface area contributed by atoms with Gasteiger partial charge in [-0.25, -0.2) is 0 Å². The van der Waals surface area contributed by atoms with Crippen LogP contribution in [-0.4, -0.2) is 0 Å². The van der Waals surface area contributed by atoms with E-state index in [1.165, 1.54) is 55.3 Å². The Labute approximate surface area is 276 Å². The SMILES string of the molecule is c1ccc(-c2ccc(N(c3ccc(-c4ccccc4)c(-c4ccccc4)c3)c3ccc(-c4ccccc4)c4ccccc34)cc2)cc1. The topological polar surface area (TPSA) is 3.24 Å². The van der Waals surface area contributed by atoms with Crippen molar-refractivity contribution in [1.82, 2.24) is 0 Å². The first-order valence-corrected chi connectivity index (χ1v) is 16.1. The highest BCUT2D eigenvalue weighted by molar-refractivity contribution is 6.06. The molecule has 0 saturated carbocycles. The number of hydrogen-bond acceptors (Lipinski definition) is 1. The lowest BCUT2D eigenvalue weighted by Gasteiger charge is -2.29. The van der Waals surface area contributed by atoms with E-state index < -0.39 is 0 Å². The maximum Gasteiger partial charge on any atom is 0.0540 e. The molecule has 8 aromatic rings. The van der Waals surface area contributed by atoms with Crippen LogP contribution in [0.25, 0.3) is 55.3 Å². The average Bonchev–Trinajstić information content (AvgIpc) is 3.16. The maximum absolute atomic E-state index is 2.41. The molecule has 0 fully saturated rings. The Morgan fingerprint density at radius 1 is 0.255 bits per heavy atom. The number of fused-ring (bicyclic) bond motifs is 1. The van der Waals surface area contributed by atoms with Crippen LogP contribution in [0.5, 0.6) is 0 Å². The van der Waals surface area contributed by atoms with E-state index in [1.807, 2.05) is 0 Å². The summed E-state index contributed by atoms with van der Waals surface area (Å²) in [5, 5.41) is 2.43. The second-order valence-corrected chi connectivity index (χ2v) is 11.8. The van der Waals surface area contributed by atoms with Crippen molar-refractivity contribution >= 4 is 27.8 Å². The minimum Gasteiger partial charge on any atom is -0.310 e. The maximum atomic E-state index is 2.41. The molecule has 1 nitrogen and oxygen atoms in total. The molecule has 0 atom stereocenters. The summed E-state index contributed by atoms with van der Waals surface area (Å²) in [5.74, 6) is 0. The van der Waals surface area contributed by atoms with Crippen molar-refractivity contribution in [2.75, 3.05) is 4.90 Å². The third kappa shape index (κ3) is 5.60. The van der Waals surface area contributed by atoms with Gasteiger partial charge in [-0.15, -0.1) is 0 Å². The molecule has 0 N–H and O–H groups in total. The van der Waals surface area contributed by atoms with Gasteiger partial charge in [0.15, 0.2) is 0 Å². The Kier molecular flexibility index (Phi) is 7.63. The lowest BCUT2D eigenvalue weighted by atomic mass is 9.93. The minimum absolute atomic E-state index is 1.11. The van der Waals surface area contributed by atoms with Crippen LogP contribution in [0.3, 0.4) is 0 Å². The van der Waals surface area contributed by atoms with Crippen molar-refractivity contribution in [3.63, 3.8) is 0 Å². The van der Waals surface area contributed by atoms with E-state index in [0.29, 0.717) is 0 Å². The molecular weight excluding hydrogens is 567 g/mol. The quantitative estimate of drug-likeness (QED) is 0.176. The van der Waals surface area contributed by atoms with Crippen LogP contribution < -0.4 is 4.90 Å². The molecule has 8 rings (SSSR count). The van der Waals surface area contributed by atoms with Crippen LogP contribution in [0.4, 0.5) is 17.1 Å². The van der Waals surface area contributed by atoms with Crippen LogP contribution in [0.15, 0.2) is 200 Å². The summed E-state index contributed by atoms with van der Waals surface area (Å²) < 4.78 is 0. The molecule has 222 valence electrons. The molecule has 0 radical (unpaired) electrons. The van der Waals surface area contributed by atoms with Crippen LogP contribution in [0.1, 0.15) is 0 Å². The Bertz CT molecular complexity index is 2260. The zero-order valence-corrected chi connectivity index (χ0v) is 26.0. The van der Waals surface area contributed by atoms with Crippen LogP contribution in [0, 0.1) is 0 Å². The number of rotatable bonds is 7. The molecule has 47 heavy (non-hydrogen) atoms. The number of anilines is 3. The summed E-state index contributed by atoms with van der Waals surface area (Å²) in [6.07, 6.45) is 0. The van der Waals surface area contributed by atoms with Crippen LogP contribution in [0.2, 0.25) is 0 Å². The molecule has 0 aliphatic rings. The van der Waals surface area contributed by atoms with Gasteiger partial charge in [0.05, 0.1) is 5.69 Å². The summed E-state index contributed by atoms with van der Waals surface area (Å²) in [6.45, 7) is 0. The van der Waals surface area contributed by atoms with Gasteiger partial charge >= 0.3 is 0 Å². The zero-order valence-electron chi connectivity index (χ0n) is 26.0. The van der Waals surface area contributed by atoms with E-state index in [-0.39, 0.29) is 0 Å². The molecule has 0 spiro atoms. The predicted molar refractivity (Wildman–Crippen MR) is 200 cm³/mol. The highest BCUT2D eigenvalue weighted by Gasteiger charge is 2.19. The fourth-order valence-corrected chi connectivity index (χ4v) is 6.61. The van der Waals surface area contributed by atoms with Crippen molar-refractivity contribution in [3.05, 3.63) is 200 Å². The van der Waals surface area contributed by atoms with Gasteiger partial charge in [-0.1, -0.05) is 170 Å². The molecule has 1 heteroatoms. The first-order valence-electron chi connectivity index (χ1n) is 16.1. The Morgan fingerprint density at radius 2 is 0.681 bits per heavy atom. The van der Waals surface area contributed by atoms with E-state index in [2.05, 4.69) is 205 Å². The third-order valence-corrected chi connectivity index (χ3v) is 8.89. The fraction of sp³-hybridized carbons (Fsp3) is 0. The second-order valence-electron chi connectivity index (χ2n) is 11.8. The molecule has 0 amide bonds. The summed E-state index contributed by atoms with van der Waals surface area (Å²) in [5.41, 5.74) is 13.0. The smallest absolute Gasteiger partial charge is 0.0540 e. The molecule has 0 aliphatic heterocycles. The van der Waals surface area contributed by atoms with Crippen molar-refractivity contribution in [2.45, 2.75) is 0 Å². The molecule has 0 unspecified atom stereocenters. The Hall–Kier alpha value is -6.18. The normalized spacial score (nSPS) is 11.0. The van der Waals surface area contributed by atoms with Gasteiger partial charge in [-0.3, -0.25) is 0 Å². The van der Waals surface area contributed by atoms with E-state index in [1.54, 1.807) is 0 Å². The van der Waals surface area contributed by atoms with Gasteiger partial charge in [-0.2, -0.15) is 0 Å². The summed E-state index contributed by atoms with van der Waals surface area (Å²) in [6, 6.07) is 71.8. The lowest BCUT2D eigenvalue weighted by molar-refractivity contribution is 1.30. The van der Waals surface area contributed by atoms with Gasteiger partial charge in [-0.05, 0) is 80.2 Å². The standard InChI is InChI=1S/C46H33N/c1-5-15-34(16-6-1)35-25-27-39(28-26-35)47(46-32-31-41(36-17-7-2-8-18-36)43-23-13-14-24-44(43)46)40-29-30-42(37-19-9-3-10-20-37)45(33-40)38-21-11-4-12-22-38/h1-33H. The zero-order chi connectivity index (χ0) is 31.4. The minimum atomic E-state index is 1.11. The van der Waals surface area contributed by atoms with Gasteiger partial charge in [0, 0.05) is 16.8 Å². The first-order chi connectivity index (χ1) is 23.3. The largest absolute Gasteiger partial charge is 0.310 e. The summed E-state index contributed by atoms with van der Waals surface area (Å²) in [4.78, 5) is 2.41. The monoisotopic (exact) mass is 599 g/mol. The molecular formula is C46H33N. The van der Waals surface area contributed by atoms with Crippen LogP contribution in [-0.2, 0) is 0 Å². The third-order valence-electron chi connectivity index (χ3n) is 8.89. The second kappa shape index (κ2) is 12.7. The molecule has 0 heterocycles. The summed E-state index contributed by atoms with van der Waals surface area (Å²) in [7, 11) is 0. The molecule has 0 bridgehead atoms. The number of hydrogen-bond donors (Lipinski definition) is 0. The van der Waals surface area contributed by atoms with Crippen molar-refractivity contribution in [2.24, 2.45) is 0 Å². The fourth-order valence-electron chi connectivity index (χ4n) is 6.61. The number of benzene rings is 8. The average molecular weight is 600 g/mol. The van der Waals surface area contributed by atoms with Crippen molar-refractivity contribution < 1.29 is 0 Å². The van der Waals surface area contributed by atoms with Gasteiger partial charge in [0.2, 0.25) is 0 Å². The van der Waals surface area contributed by atoms with Crippen molar-refractivity contribution in [3.8, 4) is 44.5 Å². The molecule has 0 aromatic heterocycles. The van der Waals surface area contributed by atoms with Gasteiger partial charge < -0.3 is 4.90 Å². The van der Waals surface area contributed by atoms with Crippen molar-refractivity contribution in [1.29, 1.82) is 0 Å². The predicted octanol–water partition coefficient (Wildman–Crippen LogP) is 13.0. The van der Waals surface area contributed by atoms with E-state index in [4.69, 9.17) is 0 Å². The lowest BCUT2D eigenvalue weighted by Crippen LogP contribution is -2.11. The number of nitrogens with zero attached hydrogens (tertiary/aromatic N) is 1.